The Morgan fingerprint density at radius 1 is 1.38 bits per heavy atom. The Labute approximate surface area is 157 Å². The standard InChI is InChI=1S/C22H34O4/c1-5-6-8-21-16(13(2)12-26-20(21)25-4)11-18(23)22-9-7-15(10-17(21)22)14(3)19(22)24/h13,15-18,20,23H,3,5-12H2,1-2,4H3/t13?,15-,16?,17?,18+,20?,21?,22+/m0/s1. The number of rotatable bonds is 4. The van der Waals surface area contributed by atoms with E-state index in [1.54, 1.807) is 7.11 Å². The van der Waals surface area contributed by atoms with Crippen LogP contribution in [0.5, 0.6) is 0 Å². The van der Waals surface area contributed by atoms with Crippen molar-refractivity contribution in [2.75, 3.05) is 13.7 Å². The van der Waals surface area contributed by atoms with E-state index in [2.05, 4.69) is 20.4 Å². The predicted molar refractivity (Wildman–Crippen MR) is 99.4 cm³/mol. The number of ether oxygens (including phenoxy) is 2. The van der Waals surface area contributed by atoms with Gasteiger partial charge in [0, 0.05) is 12.5 Å². The highest BCUT2D eigenvalue weighted by atomic mass is 16.7. The van der Waals surface area contributed by atoms with Crippen molar-refractivity contribution < 1.29 is 19.4 Å². The SMILES string of the molecule is C=C1C(=O)[C@]23CC[C@H]1CC2C1(CCCC)C(OC)OCC(C)C1C[C@H]3O. The van der Waals surface area contributed by atoms with Gasteiger partial charge >= 0.3 is 0 Å². The molecule has 5 aliphatic rings. The van der Waals surface area contributed by atoms with Crippen molar-refractivity contribution in [2.24, 2.45) is 34.5 Å². The molecule has 0 radical (unpaired) electrons. The van der Waals surface area contributed by atoms with Gasteiger partial charge in [-0.25, -0.2) is 0 Å². The number of unbranched alkanes of at least 4 members (excludes halogenated alkanes) is 1. The second-order valence-electron chi connectivity index (χ2n) is 9.37. The molecule has 5 unspecified atom stereocenters. The van der Waals surface area contributed by atoms with Crippen molar-refractivity contribution in [1.82, 2.24) is 0 Å². The molecule has 4 aliphatic carbocycles. The molecule has 1 saturated heterocycles. The average Bonchev–Trinajstić information content (AvgIpc) is 2.65. The van der Waals surface area contributed by atoms with Crippen LogP contribution in [0.15, 0.2) is 12.2 Å². The summed E-state index contributed by atoms with van der Waals surface area (Å²) in [6.07, 6.45) is 5.84. The van der Waals surface area contributed by atoms with Crippen LogP contribution in [0, 0.1) is 34.5 Å². The topological polar surface area (TPSA) is 55.8 Å². The molecule has 4 heteroatoms. The number of carbonyl (C=O) groups excluding carboxylic acids is 1. The molecule has 0 aromatic rings. The van der Waals surface area contributed by atoms with Crippen molar-refractivity contribution in [3.8, 4) is 0 Å². The molecule has 26 heavy (non-hydrogen) atoms. The Bertz CT molecular complexity index is 601. The Morgan fingerprint density at radius 2 is 2.15 bits per heavy atom. The first-order valence-electron chi connectivity index (χ1n) is 10.5. The van der Waals surface area contributed by atoms with Crippen LogP contribution in [-0.2, 0) is 14.3 Å². The third-order valence-corrected chi connectivity index (χ3v) is 8.48. The highest BCUT2D eigenvalue weighted by Gasteiger charge is 2.72. The van der Waals surface area contributed by atoms with Crippen molar-refractivity contribution >= 4 is 5.78 Å². The summed E-state index contributed by atoms with van der Waals surface area (Å²) in [5.74, 6) is 1.27. The van der Waals surface area contributed by atoms with E-state index < -0.39 is 11.5 Å². The first-order valence-corrected chi connectivity index (χ1v) is 10.5. The molecular weight excluding hydrogens is 328 g/mol. The first-order chi connectivity index (χ1) is 12.4. The van der Waals surface area contributed by atoms with Gasteiger partial charge in [0.1, 0.15) is 0 Å². The highest BCUT2D eigenvalue weighted by Crippen LogP contribution is 2.70. The Kier molecular flexibility index (Phi) is 4.61. The summed E-state index contributed by atoms with van der Waals surface area (Å²) in [5, 5.41) is 11.3. The van der Waals surface area contributed by atoms with Crippen LogP contribution >= 0.6 is 0 Å². The fourth-order valence-corrected chi connectivity index (χ4v) is 7.31. The summed E-state index contributed by atoms with van der Waals surface area (Å²) < 4.78 is 12.1. The fraction of sp³-hybridized carbons (Fsp3) is 0.864. The van der Waals surface area contributed by atoms with Crippen LogP contribution in [0.25, 0.3) is 0 Å². The smallest absolute Gasteiger partial charge is 0.167 e. The molecule has 2 bridgehead atoms. The first kappa shape index (κ1) is 18.6. The van der Waals surface area contributed by atoms with E-state index in [-0.39, 0.29) is 29.3 Å². The van der Waals surface area contributed by atoms with Gasteiger partial charge in [-0.05, 0) is 61.3 Å². The Balaban J connectivity index is 1.87. The van der Waals surface area contributed by atoms with E-state index >= 15 is 0 Å². The lowest BCUT2D eigenvalue weighted by Crippen LogP contribution is -2.71. The number of hydrogen-bond donors (Lipinski definition) is 1. The van der Waals surface area contributed by atoms with Crippen LogP contribution in [0.4, 0.5) is 0 Å². The zero-order valence-corrected chi connectivity index (χ0v) is 16.5. The molecule has 1 aliphatic heterocycles. The normalized spacial score (nSPS) is 50.5. The summed E-state index contributed by atoms with van der Waals surface area (Å²) in [6.45, 7) is 9.25. The van der Waals surface area contributed by atoms with E-state index in [9.17, 15) is 9.90 Å². The maximum absolute atomic E-state index is 13.4. The number of Topliss-reactive ketones (excluding diaryl/α,β-unsaturated/α-hetero) is 1. The van der Waals surface area contributed by atoms with Gasteiger partial charge in [0.25, 0.3) is 0 Å². The quantitative estimate of drug-likeness (QED) is 0.775. The van der Waals surface area contributed by atoms with Crippen LogP contribution < -0.4 is 0 Å². The summed E-state index contributed by atoms with van der Waals surface area (Å²) in [4.78, 5) is 13.4. The molecule has 5 fully saturated rings. The fourth-order valence-electron chi connectivity index (χ4n) is 7.31. The average molecular weight is 363 g/mol. The molecule has 8 atom stereocenters. The van der Waals surface area contributed by atoms with Gasteiger partial charge in [0.2, 0.25) is 0 Å². The third-order valence-electron chi connectivity index (χ3n) is 8.48. The molecule has 146 valence electrons. The summed E-state index contributed by atoms with van der Waals surface area (Å²) in [7, 11) is 1.74. The molecule has 0 amide bonds. The van der Waals surface area contributed by atoms with E-state index in [1.807, 2.05) is 0 Å². The van der Waals surface area contributed by atoms with Crippen molar-refractivity contribution in [3.05, 3.63) is 12.2 Å². The largest absolute Gasteiger partial charge is 0.392 e. The van der Waals surface area contributed by atoms with Gasteiger partial charge in [-0.15, -0.1) is 0 Å². The van der Waals surface area contributed by atoms with Crippen molar-refractivity contribution in [2.45, 2.75) is 71.2 Å². The summed E-state index contributed by atoms with van der Waals surface area (Å²) in [5.41, 5.74) is -0.0707. The lowest BCUT2D eigenvalue weighted by molar-refractivity contribution is -0.318. The monoisotopic (exact) mass is 362 g/mol. The van der Waals surface area contributed by atoms with Crippen molar-refractivity contribution in [1.29, 1.82) is 0 Å². The minimum Gasteiger partial charge on any atom is -0.392 e. The van der Waals surface area contributed by atoms with E-state index in [0.717, 1.165) is 44.1 Å². The van der Waals surface area contributed by atoms with Gasteiger partial charge in [0.15, 0.2) is 12.1 Å². The molecule has 1 spiro atoms. The van der Waals surface area contributed by atoms with E-state index in [0.29, 0.717) is 24.9 Å². The summed E-state index contributed by atoms with van der Waals surface area (Å²) >= 11 is 0. The van der Waals surface area contributed by atoms with Crippen LogP contribution in [-0.4, -0.2) is 37.0 Å². The third kappa shape index (κ3) is 2.15. The number of allylic oxidation sites excluding steroid dienone is 1. The van der Waals surface area contributed by atoms with E-state index in [1.165, 1.54) is 0 Å². The number of fused-ring (bicyclic) bond motifs is 3. The van der Waals surface area contributed by atoms with Gasteiger partial charge in [-0.2, -0.15) is 0 Å². The maximum atomic E-state index is 13.4. The highest BCUT2D eigenvalue weighted by molar-refractivity contribution is 6.02. The predicted octanol–water partition coefficient (Wildman–Crippen LogP) is 3.72. The molecule has 0 aromatic carbocycles. The number of aliphatic hydroxyl groups excluding tert-OH is 1. The number of hydrogen-bond acceptors (Lipinski definition) is 4. The second kappa shape index (κ2) is 6.42. The van der Waals surface area contributed by atoms with Crippen LogP contribution in [0.2, 0.25) is 0 Å². The lowest BCUT2D eigenvalue weighted by Gasteiger charge is -2.68. The van der Waals surface area contributed by atoms with Gasteiger partial charge in [-0.1, -0.05) is 33.3 Å². The minimum absolute atomic E-state index is 0.139. The van der Waals surface area contributed by atoms with Gasteiger partial charge in [-0.3, -0.25) is 4.79 Å². The van der Waals surface area contributed by atoms with Crippen molar-refractivity contribution in [3.63, 3.8) is 0 Å². The molecule has 4 nitrogen and oxygen atoms in total. The Hall–Kier alpha value is -0.710. The minimum atomic E-state index is -0.659. The molecular formula is C22H34O4. The van der Waals surface area contributed by atoms with Gasteiger partial charge in [0.05, 0.1) is 18.1 Å². The molecule has 1 heterocycles. The Morgan fingerprint density at radius 3 is 2.85 bits per heavy atom. The maximum Gasteiger partial charge on any atom is 0.167 e. The molecule has 1 N–H and O–H groups in total. The van der Waals surface area contributed by atoms with E-state index in [4.69, 9.17) is 9.47 Å². The summed E-state index contributed by atoms with van der Waals surface area (Å²) in [6, 6.07) is 0. The number of methoxy groups -OCH3 is 1. The number of aliphatic hydroxyl groups is 1. The lowest BCUT2D eigenvalue weighted by atomic mass is 9.37. The number of ketones is 1. The zero-order valence-electron chi connectivity index (χ0n) is 16.5. The zero-order chi connectivity index (χ0) is 18.7. The second-order valence-corrected chi connectivity index (χ2v) is 9.37. The molecule has 4 saturated carbocycles. The van der Waals surface area contributed by atoms with Crippen LogP contribution in [0.3, 0.4) is 0 Å². The van der Waals surface area contributed by atoms with Gasteiger partial charge < -0.3 is 14.6 Å². The molecule has 5 rings (SSSR count). The van der Waals surface area contributed by atoms with Crippen LogP contribution in [0.1, 0.15) is 58.8 Å². The molecule has 0 aromatic heterocycles. The number of carbonyl (C=O) groups is 1.